The van der Waals surface area contributed by atoms with Crippen LogP contribution in [-0.2, 0) is 11.3 Å². The predicted molar refractivity (Wildman–Crippen MR) is 81.3 cm³/mol. The van der Waals surface area contributed by atoms with Gasteiger partial charge in [-0.2, -0.15) is 0 Å². The molecular weight excluding hydrogens is 336 g/mol. The van der Waals surface area contributed by atoms with E-state index in [9.17, 15) is 4.79 Å². The van der Waals surface area contributed by atoms with E-state index in [-0.39, 0.29) is 23.7 Å². The van der Waals surface area contributed by atoms with Gasteiger partial charge in [0.2, 0.25) is 5.91 Å². The second-order valence-electron chi connectivity index (χ2n) is 4.88. The molecule has 2 rings (SSSR count). The molecule has 18 heavy (non-hydrogen) atoms. The summed E-state index contributed by atoms with van der Waals surface area (Å²) in [7, 11) is 1.89. The third-order valence-corrected chi connectivity index (χ3v) is 4.93. The Morgan fingerprint density at radius 1 is 1.67 bits per heavy atom. The van der Waals surface area contributed by atoms with Gasteiger partial charge in [0.15, 0.2) is 0 Å². The number of amides is 1. The lowest BCUT2D eigenvalue weighted by molar-refractivity contribution is -0.139. The van der Waals surface area contributed by atoms with Gasteiger partial charge in [-0.05, 0) is 41.9 Å². The van der Waals surface area contributed by atoms with Crippen LogP contribution in [0.15, 0.2) is 15.9 Å². The third-order valence-electron chi connectivity index (χ3n) is 3.25. The molecule has 0 radical (unpaired) electrons. The largest absolute Gasteiger partial charge is 0.340 e. The lowest BCUT2D eigenvalue weighted by Gasteiger charge is -2.28. The molecule has 1 aromatic rings. The number of hydrogen-bond acceptors (Lipinski definition) is 3. The van der Waals surface area contributed by atoms with Crippen LogP contribution in [0.1, 0.15) is 18.2 Å². The van der Waals surface area contributed by atoms with Crippen molar-refractivity contribution in [2.75, 3.05) is 20.1 Å². The molecule has 1 aliphatic rings. The standard InChI is InChI=1S/C12H17BrN2OS.ClH/c1-12(3-4-14-8-12)11(16)15(2)6-10-5-9(13)7-17-10;/h5,7,14H,3-4,6,8H2,1-2H3;1H. The molecule has 6 heteroatoms. The maximum atomic E-state index is 12.4. The highest BCUT2D eigenvalue weighted by atomic mass is 79.9. The summed E-state index contributed by atoms with van der Waals surface area (Å²) in [6.07, 6.45) is 0.935. The van der Waals surface area contributed by atoms with Gasteiger partial charge in [-0.3, -0.25) is 4.79 Å². The number of nitrogens with one attached hydrogen (secondary N) is 1. The fourth-order valence-corrected chi connectivity index (χ4v) is 3.71. The van der Waals surface area contributed by atoms with Crippen molar-refractivity contribution in [2.45, 2.75) is 19.9 Å². The summed E-state index contributed by atoms with van der Waals surface area (Å²) >= 11 is 5.11. The number of hydrogen-bond donors (Lipinski definition) is 1. The zero-order chi connectivity index (χ0) is 12.5. The Kier molecular flexibility index (Phi) is 5.65. The Hall–Kier alpha value is -0.100. The van der Waals surface area contributed by atoms with Crippen LogP contribution in [0.5, 0.6) is 0 Å². The number of carbonyl (C=O) groups excluding carboxylic acids is 1. The average Bonchev–Trinajstić information content (AvgIpc) is 2.88. The van der Waals surface area contributed by atoms with Gasteiger partial charge in [0.25, 0.3) is 0 Å². The van der Waals surface area contributed by atoms with Gasteiger partial charge < -0.3 is 10.2 Å². The fourth-order valence-electron chi connectivity index (χ4n) is 2.20. The van der Waals surface area contributed by atoms with Crippen LogP contribution in [0.4, 0.5) is 0 Å². The SMILES string of the molecule is CN(Cc1cc(Br)cs1)C(=O)C1(C)CCNC1.Cl. The van der Waals surface area contributed by atoms with E-state index in [1.807, 2.05) is 17.3 Å². The molecule has 1 unspecified atom stereocenters. The van der Waals surface area contributed by atoms with Crippen LogP contribution in [-0.4, -0.2) is 30.9 Å². The topological polar surface area (TPSA) is 32.3 Å². The minimum Gasteiger partial charge on any atom is -0.340 e. The van der Waals surface area contributed by atoms with Gasteiger partial charge in [-0.1, -0.05) is 0 Å². The monoisotopic (exact) mass is 352 g/mol. The number of rotatable bonds is 3. The number of carbonyl (C=O) groups is 1. The van der Waals surface area contributed by atoms with E-state index in [1.165, 1.54) is 4.88 Å². The van der Waals surface area contributed by atoms with Gasteiger partial charge in [0.1, 0.15) is 0 Å². The van der Waals surface area contributed by atoms with Crippen molar-refractivity contribution < 1.29 is 4.79 Å². The number of nitrogens with zero attached hydrogens (tertiary/aromatic N) is 1. The summed E-state index contributed by atoms with van der Waals surface area (Å²) in [5.41, 5.74) is -0.219. The van der Waals surface area contributed by atoms with Crippen LogP contribution in [0.2, 0.25) is 0 Å². The Labute approximate surface area is 126 Å². The minimum atomic E-state index is -0.219. The van der Waals surface area contributed by atoms with Gasteiger partial charge in [0, 0.05) is 28.3 Å². The summed E-state index contributed by atoms with van der Waals surface area (Å²) in [5, 5.41) is 5.31. The maximum Gasteiger partial charge on any atom is 0.229 e. The zero-order valence-corrected chi connectivity index (χ0v) is 13.8. The van der Waals surface area contributed by atoms with E-state index in [1.54, 1.807) is 11.3 Å². The summed E-state index contributed by atoms with van der Waals surface area (Å²) in [6.45, 7) is 4.49. The molecule has 1 fully saturated rings. The van der Waals surface area contributed by atoms with E-state index < -0.39 is 0 Å². The Morgan fingerprint density at radius 2 is 2.39 bits per heavy atom. The van der Waals surface area contributed by atoms with Crippen LogP contribution in [0.25, 0.3) is 0 Å². The van der Waals surface area contributed by atoms with E-state index in [4.69, 9.17) is 0 Å². The van der Waals surface area contributed by atoms with E-state index in [2.05, 4.69) is 34.2 Å². The van der Waals surface area contributed by atoms with Crippen molar-refractivity contribution >= 4 is 45.6 Å². The molecule has 1 atom stereocenters. The highest BCUT2D eigenvalue weighted by Gasteiger charge is 2.38. The lowest BCUT2D eigenvalue weighted by atomic mass is 9.88. The van der Waals surface area contributed by atoms with Crippen molar-refractivity contribution in [2.24, 2.45) is 5.41 Å². The second-order valence-corrected chi connectivity index (χ2v) is 6.79. The van der Waals surface area contributed by atoms with Crippen LogP contribution in [0, 0.1) is 5.41 Å². The molecule has 1 saturated heterocycles. The van der Waals surface area contributed by atoms with Crippen LogP contribution in [0.3, 0.4) is 0 Å². The summed E-state index contributed by atoms with van der Waals surface area (Å²) in [4.78, 5) is 15.4. The predicted octanol–water partition coefficient (Wildman–Crippen LogP) is 2.89. The third kappa shape index (κ3) is 3.47. The maximum absolute atomic E-state index is 12.4. The smallest absolute Gasteiger partial charge is 0.229 e. The molecule has 0 spiro atoms. The summed E-state index contributed by atoms with van der Waals surface area (Å²) in [5.74, 6) is 0.243. The first-order valence-corrected chi connectivity index (χ1v) is 7.38. The molecule has 102 valence electrons. The van der Waals surface area contributed by atoms with Gasteiger partial charge in [-0.15, -0.1) is 23.7 Å². The molecule has 0 bridgehead atoms. The molecule has 1 amide bonds. The Morgan fingerprint density at radius 3 is 2.89 bits per heavy atom. The van der Waals surface area contributed by atoms with Crippen LogP contribution < -0.4 is 5.32 Å². The normalized spacial score (nSPS) is 22.6. The molecule has 0 aliphatic carbocycles. The van der Waals surface area contributed by atoms with Gasteiger partial charge >= 0.3 is 0 Å². The minimum absolute atomic E-state index is 0. The molecule has 1 N–H and O–H groups in total. The first kappa shape index (κ1) is 16.0. The van der Waals surface area contributed by atoms with Crippen molar-refractivity contribution in [1.82, 2.24) is 10.2 Å². The summed E-state index contributed by atoms with van der Waals surface area (Å²) < 4.78 is 1.09. The number of halogens is 2. The Balaban J connectivity index is 0.00000162. The van der Waals surface area contributed by atoms with Crippen molar-refractivity contribution in [1.29, 1.82) is 0 Å². The molecule has 3 nitrogen and oxygen atoms in total. The zero-order valence-electron chi connectivity index (χ0n) is 10.5. The molecule has 1 aliphatic heterocycles. The summed E-state index contributed by atoms with van der Waals surface area (Å²) in [6, 6.07) is 2.07. The average molecular weight is 354 g/mol. The first-order valence-electron chi connectivity index (χ1n) is 5.70. The second kappa shape index (κ2) is 6.37. The van der Waals surface area contributed by atoms with E-state index in [0.717, 1.165) is 24.0 Å². The van der Waals surface area contributed by atoms with E-state index >= 15 is 0 Å². The van der Waals surface area contributed by atoms with Gasteiger partial charge in [-0.25, -0.2) is 0 Å². The van der Waals surface area contributed by atoms with Crippen molar-refractivity contribution in [3.05, 3.63) is 20.8 Å². The Bertz CT molecular complexity index is 418. The number of thiophene rings is 1. The molecule has 0 saturated carbocycles. The van der Waals surface area contributed by atoms with Crippen molar-refractivity contribution in [3.8, 4) is 0 Å². The quantitative estimate of drug-likeness (QED) is 0.906. The van der Waals surface area contributed by atoms with Gasteiger partial charge in [0.05, 0.1) is 12.0 Å². The lowest BCUT2D eigenvalue weighted by Crippen LogP contribution is -2.41. The van der Waals surface area contributed by atoms with E-state index in [0.29, 0.717) is 6.54 Å². The highest BCUT2D eigenvalue weighted by Crippen LogP contribution is 2.28. The molecule has 2 heterocycles. The van der Waals surface area contributed by atoms with Crippen molar-refractivity contribution in [3.63, 3.8) is 0 Å². The fraction of sp³-hybridized carbons (Fsp3) is 0.583. The molecule has 1 aromatic heterocycles. The first-order chi connectivity index (χ1) is 8.01. The molecule has 0 aromatic carbocycles. The van der Waals surface area contributed by atoms with Crippen LogP contribution >= 0.6 is 39.7 Å². The highest BCUT2D eigenvalue weighted by molar-refractivity contribution is 9.10. The molecular formula is C12H18BrClN2OS.